The van der Waals surface area contributed by atoms with Gasteiger partial charge in [0, 0.05) is 16.4 Å². The van der Waals surface area contributed by atoms with Crippen LogP contribution < -0.4 is 5.32 Å². The highest BCUT2D eigenvalue weighted by atomic mass is 35.5. The fraction of sp³-hybridized carbons (Fsp3) is 0.211. The molecule has 0 saturated carbocycles. The second-order valence-electron chi connectivity index (χ2n) is 5.63. The molecule has 0 spiro atoms. The Morgan fingerprint density at radius 1 is 1.33 bits per heavy atom. The molecule has 0 unspecified atom stereocenters. The molecule has 1 aromatic carbocycles. The number of nitrogens with one attached hydrogen (secondary N) is 2. The van der Waals surface area contributed by atoms with Gasteiger partial charge < -0.3 is 15.0 Å². The van der Waals surface area contributed by atoms with E-state index in [1.165, 1.54) is 12.1 Å². The van der Waals surface area contributed by atoms with Gasteiger partial charge in [0.2, 0.25) is 0 Å². The molecule has 1 aromatic heterocycles. The highest BCUT2D eigenvalue weighted by molar-refractivity contribution is 6.36. The van der Waals surface area contributed by atoms with Gasteiger partial charge in [-0.1, -0.05) is 23.2 Å². The van der Waals surface area contributed by atoms with Crippen molar-refractivity contribution in [3.05, 3.63) is 56.3 Å². The molecule has 2 N–H and O–H groups in total. The molecular formula is C19H17Cl2N3O3. The molecule has 0 radical (unpaired) electrons. The van der Waals surface area contributed by atoms with Crippen molar-refractivity contribution in [2.75, 3.05) is 11.9 Å². The van der Waals surface area contributed by atoms with Crippen molar-refractivity contribution in [1.29, 1.82) is 5.26 Å². The van der Waals surface area contributed by atoms with Crippen molar-refractivity contribution in [3.8, 4) is 6.07 Å². The van der Waals surface area contributed by atoms with Gasteiger partial charge in [0.25, 0.3) is 5.91 Å². The zero-order valence-electron chi connectivity index (χ0n) is 14.9. The van der Waals surface area contributed by atoms with Crippen molar-refractivity contribution >= 4 is 46.8 Å². The van der Waals surface area contributed by atoms with Crippen LogP contribution in [0.2, 0.25) is 10.0 Å². The highest BCUT2D eigenvalue weighted by Gasteiger charge is 2.20. The zero-order chi connectivity index (χ0) is 20.1. The van der Waals surface area contributed by atoms with E-state index < -0.39 is 11.9 Å². The van der Waals surface area contributed by atoms with Gasteiger partial charge in [-0.3, -0.25) is 4.79 Å². The minimum absolute atomic E-state index is 0.152. The van der Waals surface area contributed by atoms with Crippen LogP contribution in [-0.4, -0.2) is 23.5 Å². The maximum Gasteiger partial charge on any atom is 0.340 e. The molecule has 1 amide bonds. The van der Waals surface area contributed by atoms with Crippen LogP contribution in [0, 0.1) is 25.2 Å². The number of esters is 1. The SMILES string of the molecule is CCOC(=O)c1c(C)[nH]c(/C=C(\C#N)C(=O)Nc2ccc(Cl)cc2Cl)c1C. The van der Waals surface area contributed by atoms with E-state index in [0.29, 0.717) is 33.2 Å². The summed E-state index contributed by atoms with van der Waals surface area (Å²) in [5, 5.41) is 12.6. The van der Waals surface area contributed by atoms with Gasteiger partial charge in [0.15, 0.2) is 0 Å². The molecule has 6 nitrogen and oxygen atoms in total. The van der Waals surface area contributed by atoms with E-state index in [9.17, 15) is 14.9 Å². The lowest BCUT2D eigenvalue weighted by Crippen LogP contribution is -2.13. The van der Waals surface area contributed by atoms with Crippen LogP contribution in [0.1, 0.15) is 34.2 Å². The van der Waals surface area contributed by atoms with E-state index >= 15 is 0 Å². The van der Waals surface area contributed by atoms with Crippen LogP contribution in [0.25, 0.3) is 6.08 Å². The molecule has 0 fully saturated rings. The first-order valence-electron chi connectivity index (χ1n) is 8.03. The number of ether oxygens (including phenoxy) is 1. The van der Waals surface area contributed by atoms with Crippen molar-refractivity contribution < 1.29 is 14.3 Å². The summed E-state index contributed by atoms with van der Waals surface area (Å²) in [7, 11) is 0. The Hall–Kier alpha value is -2.75. The molecule has 1 heterocycles. The van der Waals surface area contributed by atoms with Gasteiger partial charge in [-0.05, 0) is 50.6 Å². The maximum absolute atomic E-state index is 12.4. The second-order valence-corrected chi connectivity index (χ2v) is 6.48. The number of H-pyrrole nitrogens is 1. The average Bonchev–Trinajstić information content (AvgIpc) is 2.88. The van der Waals surface area contributed by atoms with Crippen molar-refractivity contribution in [3.63, 3.8) is 0 Å². The van der Waals surface area contributed by atoms with E-state index in [0.717, 1.165) is 0 Å². The highest BCUT2D eigenvalue weighted by Crippen LogP contribution is 2.26. The number of halogens is 2. The number of rotatable bonds is 5. The number of nitrogens with zero attached hydrogens (tertiary/aromatic N) is 1. The molecule has 8 heteroatoms. The van der Waals surface area contributed by atoms with Crippen LogP contribution in [0.4, 0.5) is 5.69 Å². The number of aromatic nitrogens is 1. The van der Waals surface area contributed by atoms with Crippen LogP contribution >= 0.6 is 23.2 Å². The Kier molecular flexibility index (Phi) is 6.67. The summed E-state index contributed by atoms with van der Waals surface area (Å²) in [4.78, 5) is 27.5. The average molecular weight is 406 g/mol. The quantitative estimate of drug-likeness (QED) is 0.429. The lowest BCUT2D eigenvalue weighted by molar-refractivity contribution is -0.112. The van der Waals surface area contributed by atoms with Crippen molar-refractivity contribution in [2.45, 2.75) is 20.8 Å². The van der Waals surface area contributed by atoms with Crippen LogP contribution in [0.15, 0.2) is 23.8 Å². The van der Waals surface area contributed by atoms with E-state index in [1.54, 1.807) is 32.9 Å². The Bertz CT molecular complexity index is 971. The van der Waals surface area contributed by atoms with E-state index in [1.807, 2.05) is 6.07 Å². The Morgan fingerprint density at radius 2 is 2.04 bits per heavy atom. The molecule has 0 atom stereocenters. The first-order chi connectivity index (χ1) is 12.8. The molecule has 0 aliphatic carbocycles. The largest absolute Gasteiger partial charge is 0.462 e. The number of aromatic amines is 1. The van der Waals surface area contributed by atoms with Gasteiger partial charge in [-0.2, -0.15) is 5.26 Å². The van der Waals surface area contributed by atoms with Gasteiger partial charge in [0.05, 0.1) is 22.9 Å². The number of nitriles is 1. The zero-order valence-corrected chi connectivity index (χ0v) is 16.5. The molecule has 2 aromatic rings. The number of anilines is 1. The summed E-state index contributed by atoms with van der Waals surface area (Å²) in [6.45, 7) is 5.40. The van der Waals surface area contributed by atoms with E-state index in [4.69, 9.17) is 27.9 Å². The predicted octanol–water partition coefficient (Wildman–Crippen LogP) is 4.66. The number of hydrogen-bond donors (Lipinski definition) is 2. The minimum Gasteiger partial charge on any atom is -0.462 e. The van der Waals surface area contributed by atoms with E-state index in [2.05, 4.69) is 10.3 Å². The summed E-state index contributed by atoms with van der Waals surface area (Å²) in [5.41, 5.74) is 2.23. The number of amides is 1. The number of hydrogen-bond acceptors (Lipinski definition) is 4. The second kappa shape index (κ2) is 8.76. The number of carbonyl (C=O) groups is 2. The molecule has 2 rings (SSSR count). The monoisotopic (exact) mass is 405 g/mol. The van der Waals surface area contributed by atoms with Gasteiger partial charge >= 0.3 is 5.97 Å². The van der Waals surface area contributed by atoms with Gasteiger partial charge in [-0.25, -0.2) is 4.79 Å². The number of benzene rings is 1. The lowest BCUT2D eigenvalue weighted by atomic mass is 10.1. The Morgan fingerprint density at radius 3 is 2.63 bits per heavy atom. The summed E-state index contributed by atoms with van der Waals surface area (Å²) in [6, 6.07) is 6.45. The smallest absolute Gasteiger partial charge is 0.340 e. The predicted molar refractivity (Wildman–Crippen MR) is 105 cm³/mol. The van der Waals surface area contributed by atoms with Crippen LogP contribution in [-0.2, 0) is 9.53 Å². The Labute approximate surface area is 166 Å². The summed E-state index contributed by atoms with van der Waals surface area (Å²) in [5.74, 6) is -1.09. The third-order valence-corrected chi connectivity index (χ3v) is 4.34. The molecule has 27 heavy (non-hydrogen) atoms. The van der Waals surface area contributed by atoms with Gasteiger partial charge in [0.1, 0.15) is 11.6 Å². The first kappa shape index (κ1) is 20.6. The maximum atomic E-state index is 12.4. The summed E-state index contributed by atoms with van der Waals surface area (Å²) >= 11 is 11.9. The van der Waals surface area contributed by atoms with E-state index in [-0.39, 0.29) is 17.2 Å². The third-order valence-electron chi connectivity index (χ3n) is 3.79. The third kappa shape index (κ3) is 4.70. The van der Waals surface area contributed by atoms with Crippen molar-refractivity contribution in [2.24, 2.45) is 0 Å². The van der Waals surface area contributed by atoms with Crippen LogP contribution in [0.3, 0.4) is 0 Å². The first-order valence-corrected chi connectivity index (χ1v) is 8.78. The summed E-state index contributed by atoms with van der Waals surface area (Å²) < 4.78 is 5.03. The molecule has 0 bridgehead atoms. The fourth-order valence-electron chi connectivity index (χ4n) is 2.50. The lowest BCUT2D eigenvalue weighted by Gasteiger charge is -2.07. The summed E-state index contributed by atoms with van der Waals surface area (Å²) in [6.07, 6.45) is 1.38. The molecule has 0 aliphatic rings. The minimum atomic E-state index is -0.633. The van der Waals surface area contributed by atoms with Crippen molar-refractivity contribution in [1.82, 2.24) is 4.98 Å². The molecule has 0 aliphatic heterocycles. The standard InChI is InChI=1S/C19H17Cl2N3O3/c1-4-27-19(26)17-10(2)16(23-11(17)3)7-12(9-22)18(25)24-15-6-5-13(20)8-14(15)21/h5-8,23H,4H2,1-3H3,(H,24,25)/b12-7+. The van der Waals surface area contributed by atoms with Crippen LogP contribution in [0.5, 0.6) is 0 Å². The molecule has 0 saturated heterocycles. The fourth-order valence-corrected chi connectivity index (χ4v) is 2.96. The number of aryl methyl sites for hydroxylation is 1. The molecular weight excluding hydrogens is 389 g/mol. The topological polar surface area (TPSA) is 95.0 Å². The normalized spacial score (nSPS) is 11.0. The van der Waals surface area contributed by atoms with Gasteiger partial charge in [-0.15, -0.1) is 0 Å². The number of carbonyl (C=O) groups excluding carboxylic acids is 2. The molecule has 140 valence electrons. The Balaban J connectivity index is 2.33.